The minimum absolute atomic E-state index is 0.0306. The Balaban J connectivity index is 2.73. The zero-order valence-electron chi connectivity index (χ0n) is 7.47. The van der Waals surface area contributed by atoms with Crippen molar-refractivity contribution in [2.75, 3.05) is 0 Å². The van der Waals surface area contributed by atoms with Crippen LogP contribution in [0.5, 0.6) is 5.88 Å². The predicted molar refractivity (Wildman–Crippen MR) is 51.2 cm³/mol. The van der Waals surface area contributed by atoms with E-state index in [0.29, 0.717) is 10.8 Å². The van der Waals surface area contributed by atoms with Crippen LogP contribution >= 0.6 is 0 Å². The number of aryl methyl sites for hydroxylation is 1. The van der Waals surface area contributed by atoms with E-state index < -0.39 is 4.92 Å². The Morgan fingerprint density at radius 2 is 2.21 bits per heavy atom. The minimum Gasteiger partial charge on any atom is -0.494 e. The highest BCUT2D eigenvalue weighted by atomic mass is 16.6. The molecule has 1 N–H and O–H groups in total. The highest BCUT2D eigenvalue weighted by Gasteiger charge is 2.10. The Morgan fingerprint density at radius 3 is 2.86 bits per heavy atom. The van der Waals surface area contributed by atoms with Crippen molar-refractivity contribution in [1.82, 2.24) is 4.57 Å². The molecule has 0 aliphatic heterocycles. The summed E-state index contributed by atoms with van der Waals surface area (Å²) in [4.78, 5) is 10.0. The normalized spacial score (nSPS) is 10.6. The molecule has 0 unspecified atom stereocenters. The topological polar surface area (TPSA) is 68.3 Å². The van der Waals surface area contributed by atoms with E-state index in [1.54, 1.807) is 19.3 Å². The molecule has 0 fully saturated rings. The maximum Gasteiger partial charge on any atom is 0.270 e. The Labute approximate surface area is 79.3 Å². The predicted octanol–water partition coefficient (Wildman–Crippen LogP) is 1.79. The van der Waals surface area contributed by atoms with Gasteiger partial charge in [0.05, 0.1) is 4.92 Å². The Morgan fingerprint density at radius 1 is 1.50 bits per heavy atom. The zero-order valence-corrected chi connectivity index (χ0v) is 7.47. The summed E-state index contributed by atoms with van der Waals surface area (Å²) >= 11 is 0. The molecule has 0 spiro atoms. The van der Waals surface area contributed by atoms with E-state index in [1.165, 1.54) is 16.7 Å². The van der Waals surface area contributed by atoms with Crippen LogP contribution in [0.3, 0.4) is 0 Å². The van der Waals surface area contributed by atoms with Gasteiger partial charge in [-0.15, -0.1) is 0 Å². The van der Waals surface area contributed by atoms with Gasteiger partial charge in [0.25, 0.3) is 5.69 Å². The van der Waals surface area contributed by atoms with E-state index in [1.807, 2.05) is 0 Å². The van der Waals surface area contributed by atoms with Crippen LogP contribution in [0.1, 0.15) is 0 Å². The van der Waals surface area contributed by atoms with Gasteiger partial charge in [-0.2, -0.15) is 0 Å². The minimum atomic E-state index is -0.455. The summed E-state index contributed by atoms with van der Waals surface area (Å²) in [5.41, 5.74) is 0.0306. The van der Waals surface area contributed by atoms with E-state index in [9.17, 15) is 15.2 Å². The summed E-state index contributed by atoms with van der Waals surface area (Å²) in [6.07, 6.45) is 1.65. The number of aromatic hydroxyl groups is 1. The fourth-order valence-corrected chi connectivity index (χ4v) is 1.43. The molecule has 0 bridgehead atoms. The van der Waals surface area contributed by atoms with Crippen LogP contribution in [0.2, 0.25) is 0 Å². The monoisotopic (exact) mass is 192 g/mol. The lowest BCUT2D eigenvalue weighted by Gasteiger charge is -1.92. The molecule has 5 nitrogen and oxygen atoms in total. The average Bonchev–Trinajstić information content (AvgIpc) is 2.42. The quantitative estimate of drug-likeness (QED) is 0.553. The van der Waals surface area contributed by atoms with E-state index in [2.05, 4.69) is 0 Å². The Bertz CT molecular complexity index is 516. The average molecular weight is 192 g/mol. The van der Waals surface area contributed by atoms with Crippen molar-refractivity contribution in [3.05, 3.63) is 34.5 Å². The molecule has 0 atom stereocenters. The summed E-state index contributed by atoms with van der Waals surface area (Å²) in [5.74, 6) is 0.120. The number of hydrogen-bond donors (Lipinski definition) is 1. The first-order valence-electron chi connectivity index (χ1n) is 4.02. The number of rotatable bonds is 1. The zero-order chi connectivity index (χ0) is 10.3. The van der Waals surface area contributed by atoms with E-state index in [-0.39, 0.29) is 11.6 Å². The van der Waals surface area contributed by atoms with Gasteiger partial charge >= 0.3 is 0 Å². The van der Waals surface area contributed by atoms with Crippen molar-refractivity contribution >= 4 is 16.5 Å². The maximum absolute atomic E-state index is 10.5. The van der Waals surface area contributed by atoms with Gasteiger partial charge in [0, 0.05) is 36.1 Å². The van der Waals surface area contributed by atoms with Gasteiger partial charge in [-0.05, 0) is 6.07 Å². The van der Waals surface area contributed by atoms with Crippen molar-refractivity contribution < 1.29 is 10.0 Å². The van der Waals surface area contributed by atoms with Crippen molar-refractivity contribution in [2.24, 2.45) is 7.05 Å². The molecule has 2 rings (SSSR count). The SMILES string of the molecule is Cn1cc2cc([N+](=O)[O-])ccc2c1O. The number of hydrogen-bond acceptors (Lipinski definition) is 3. The molecule has 0 saturated carbocycles. The molecule has 0 aliphatic carbocycles. The third-order valence-electron chi connectivity index (χ3n) is 2.15. The van der Waals surface area contributed by atoms with Gasteiger partial charge in [0.2, 0.25) is 0 Å². The summed E-state index contributed by atoms with van der Waals surface area (Å²) in [6.45, 7) is 0. The van der Waals surface area contributed by atoms with E-state index in [4.69, 9.17) is 0 Å². The van der Waals surface area contributed by atoms with Gasteiger partial charge in [-0.3, -0.25) is 10.1 Å². The molecule has 0 amide bonds. The Kier molecular flexibility index (Phi) is 1.67. The fraction of sp³-hybridized carbons (Fsp3) is 0.111. The second-order valence-corrected chi connectivity index (χ2v) is 3.09. The molecule has 1 heterocycles. The molecule has 1 aromatic heterocycles. The first kappa shape index (κ1) is 8.55. The number of nitrogens with zero attached hydrogens (tertiary/aromatic N) is 2. The molecule has 2 aromatic rings. The molecule has 0 aliphatic rings. The van der Waals surface area contributed by atoms with Gasteiger partial charge < -0.3 is 9.67 Å². The number of benzene rings is 1. The highest BCUT2D eigenvalue weighted by Crippen LogP contribution is 2.28. The smallest absolute Gasteiger partial charge is 0.270 e. The molecule has 14 heavy (non-hydrogen) atoms. The number of nitro groups is 1. The lowest BCUT2D eigenvalue weighted by molar-refractivity contribution is -0.384. The molecule has 5 heteroatoms. The fourth-order valence-electron chi connectivity index (χ4n) is 1.43. The summed E-state index contributed by atoms with van der Waals surface area (Å²) in [7, 11) is 1.68. The van der Waals surface area contributed by atoms with Gasteiger partial charge in [0.1, 0.15) is 0 Å². The lowest BCUT2D eigenvalue weighted by Crippen LogP contribution is -1.85. The van der Waals surface area contributed by atoms with Crippen molar-refractivity contribution in [3.63, 3.8) is 0 Å². The maximum atomic E-state index is 10.5. The summed E-state index contributed by atoms with van der Waals surface area (Å²) < 4.78 is 1.52. The summed E-state index contributed by atoms with van der Waals surface area (Å²) in [6, 6.07) is 4.36. The third kappa shape index (κ3) is 1.10. The first-order valence-corrected chi connectivity index (χ1v) is 4.02. The lowest BCUT2D eigenvalue weighted by atomic mass is 10.2. The van der Waals surface area contributed by atoms with Gasteiger partial charge in [-0.1, -0.05) is 0 Å². The third-order valence-corrected chi connectivity index (χ3v) is 2.15. The van der Waals surface area contributed by atoms with Crippen LogP contribution < -0.4 is 0 Å². The van der Waals surface area contributed by atoms with Crippen LogP contribution in [-0.2, 0) is 7.05 Å². The Hall–Kier alpha value is -2.04. The highest BCUT2D eigenvalue weighted by molar-refractivity contribution is 5.89. The van der Waals surface area contributed by atoms with Gasteiger partial charge in [-0.25, -0.2) is 0 Å². The van der Waals surface area contributed by atoms with E-state index in [0.717, 1.165) is 0 Å². The van der Waals surface area contributed by atoms with Gasteiger partial charge in [0.15, 0.2) is 5.88 Å². The van der Waals surface area contributed by atoms with Crippen LogP contribution in [0, 0.1) is 10.1 Å². The number of aromatic nitrogens is 1. The van der Waals surface area contributed by atoms with Crippen molar-refractivity contribution in [2.45, 2.75) is 0 Å². The number of non-ortho nitro benzene ring substituents is 1. The standard InChI is InChI=1S/C9H8N2O3/c1-10-5-6-4-7(11(13)14)2-3-8(6)9(10)12/h2-5,12H,1H3. The van der Waals surface area contributed by atoms with Crippen LogP contribution in [-0.4, -0.2) is 14.6 Å². The second kappa shape index (κ2) is 2.73. The van der Waals surface area contributed by atoms with Crippen LogP contribution in [0.25, 0.3) is 10.8 Å². The first-order chi connectivity index (χ1) is 6.59. The summed E-state index contributed by atoms with van der Waals surface area (Å²) in [5, 5.41) is 21.3. The molecule has 0 saturated heterocycles. The number of fused-ring (bicyclic) bond motifs is 1. The molecule has 0 radical (unpaired) electrons. The second-order valence-electron chi connectivity index (χ2n) is 3.09. The number of nitro benzene ring substituents is 1. The molecule has 72 valence electrons. The van der Waals surface area contributed by atoms with Crippen molar-refractivity contribution in [3.8, 4) is 5.88 Å². The molecular formula is C9H8N2O3. The molecular weight excluding hydrogens is 184 g/mol. The van der Waals surface area contributed by atoms with E-state index >= 15 is 0 Å². The molecule has 1 aromatic carbocycles. The van der Waals surface area contributed by atoms with Crippen LogP contribution in [0.15, 0.2) is 24.4 Å². The van der Waals surface area contributed by atoms with Crippen LogP contribution in [0.4, 0.5) is 5.69 Å². The van der Waals surface area contributed by atoms with Crippen molar-refractivity contribution in [1.29, 1.82) is 0 Å². The largest absolute Gasteiger partial charge is 0.494 e.